The van der Waals surface area contributed by atoms with Gasteiger partial charge in [0.15, 0.2) is 11.5 Å². The summed E-state index contributed by atoms with van der Waals surface area (Å²) >= 11 is 7.16. The van der Waals surface area contributed by atoms with Crippen LogP contribution in [0.1, 0.15) is 11.3 Å². The minimum atomic E-state index is -0.354. The first-order chi connectivity index (χ1) is 10.5. The molecule has 0 bridgehead atoms. The van der Waals surface area contributed by atoms with E-state index in [9.17, 15) is 9.90 Å². The van der Waals surface area contributed by atoms with Crippen LogP contribution in [0.25, 0.3) is 0 Å². The van der Waals surface area contributed by atoms with Gasteiger partial charge in [-0.1, -0.05) is 23.4 Å². The molecule has 1 heterocycles. The summed E-state index contributed by atoms with van der Waals surface area (Å²) in [6, 6.07) is 3.06. The number of halogens is 1. The first-order valence-electron chi connectivity index (χ1n) is 6.09. The summed E-state index contributed by atoms with van der Waals surface area (Å²) in [5.41, 5.74) is 0.455. The number of benzene rings is 1. The Labute approximate surface area is 135 Å². The van der Waals surface area contributed by atoms with Crippen LogP contribution >= 0.6 is 23.4 Å². The minimum absolute atomic E-state index is 0.127. The van der Waals surface area contributed by atoms with Gasteiger partial charge in [-0.05, 0) is 30.9 Å². The third-order valence-corrected chi connectivity index (χ3v) is 3.65. The van der Waals surface area contributed by atoms with Crippen LogP contribution in [0.15, 0.2) is 27.2 Å². The lowest BCUT2D eigenvalue weighted by Gasteiger charge is -2.07. The number of aryl methyl sites for hydroxylation is 1. The van der Waals surface area contributed by atoms with Crippen molar-refractivity contribution in [1.29, 1.82) is 0 Å². The molecule has 0 aliphatic carbocycles. The van der Waals surface area contributed by atoms with Crippen molar-refractivity contribution in [2.75, 3.05) is 13.4 Å². The van der Waals surface area contributed by atoms with E-state index in [0.717, 1.165) is 4.68 Å². The summed E-state index contributed by atoms with van der Waals surface area (Å²) in [4.78, 5) is 12.1. The Balaban J connectivity index is 2.48. The normalized spacial score (nSPS) is 11.1. The van der Waals surface area contributed by atoms with E-state index in [2.05, 4.69) is 15.3 Å². The number of aromatic nitrogens is 3. The van der Waals surface area contributed by atoms with Crippen LogP contribution in [0.2, 0.25) is 5.02 Å². The fraction of sp³-hybridized carbons (Fsp3) is 0.231. The van der Waals surface area contributed by atoms with Crippen LogP contribution in [0, 0.1) is 6.92 Å². The van der Waals surface area contributed by atoms with Crippen molar-refractivity contribution in [3.05, 3.63) is 38.8 Å². The van der Waals surface area contributed by atoms with E-state index in [1.165, 1.54) is 31.2 Å². The highest BCUT2D eigenvalue weighted by Crippen LogP contribution is 2.34. The molecule has 7 nitrogen and oxygen atoms in total. The highest BCUT2D eigenvalue weighted by Gasteiger charge is 2.09. The molecule has 2 rings (SSSR count). The summed E-state index contributed by atoms with van der Waals surface area (Å²) in [6.45, 7) is 1.56. The summed E-state index contributed by atoms with van der Waals surface area (Å²) < 4.78 is 6.17. The monoisotopic (exact) mass is 340 g/mol. The Kier molecular flexibility index (Phi) is 5.04. The van der Waals surface area contributed by atoms with Crippen LogP contribution in [0.4, 0.5) is 0 Å². The fourth-order valence-electron chi connectivity index (χ4n) is 1.62. The molecule has 0 unspecified atom stereocenters. The fourth-order valence-corrected chi connectivity index (χ4v) is 2.27. The molecule has 9 heteroatoms. The van der Waals surface area contributed by atoms with Crippen molar-refractivity contribution < 1.29 is 9.84 Å². The zero-order chi connectivity index (χ0) is 16.3. The summed E-state index contributed by atoms with van der Waals surface area (Å²) in [7, 11) is 1.42. The molecular formula is C13H13ClN4O3S. The van der Waals surface area contributed by atoms with E-state index in [1.54, 1.807) is 19.2 Å². The molecule has 0 radical (unpaired) electrons. The highest BCUT2D eigenvalue weighted by molar-refractivity contribution is 7.98. The van der Waals surface area contributed by atoms with Gasteiger partial charge >= 0.3 is 0 Å². The van der Waals surface area contributed by atoms with Gasteiger partial charge in [0.05, 0.1) is 18.3 Å². The zero-order valence-corrected chi connectivity index (χ0v) is 13.6. The molecule has 0 aliphatic heterocycles. The van der Waals surface area contributed by atoms with Gasteiger partial charge in [0.25, 0.3) is 5.56 Å². The van der Waals surface area contributed by atoms with Crippen molar-refractivity contribution in [2.24, 2.45) is 5.10 Å². The zero-order valence-electron chi connectivity index (χ0n) is 12.1. The van der Waals surface area contributed by atoms with Gasteiger partial charge in [-0.2, -0.15) is 9.78 Å². The maximum Gasteiger partial charge on any atom is 0.296 e. The number of phenols is 1. The summed E-state index contributed by atoms with van der Waals surface area (Å²) in [5, 5.41) is 22.0. The Morgan fingerprint density at radius 1 is 1.45 bits per heavy atom. The molecule has 22 heavy (non-hydrogen) atoms. The van der Waals surface area contributed by atoms with E-state index < -0.39 is 0 Å². The van der Waals surface area contributed by atoms with E-state index in [1.807, 2.05) is 0 Å². The van der Waals surface area contributed by atoms with Gasteiger partial charge in [0.1, 0.15) is 5.69 Å². The molecule has 0 saturated heterocycles. The first kappa shape index (κ1) is 16.3. The third kappa shape index (κ3) is 3.23. The number of thioether (sulfide) groups is 1. The summed E-state index contributed by atoms with van der Waals surface area (Å²) in [5.74, 6) is 0.0696. The lowest BCUT2D eigenvalue weighted by Crippen LogP contribution is -2.23. The lowest BCUT2D eigenvalue weighted by molar-refractivity contribution is 0.373. The third-order valence-electron chi connectivity index (χ3n) is 2.74. The molecular weight excluding hydrogens is 328 g/mol. The number of phenolic OH excluding ortho intramolecular Hbond substituents is 1. The average molecular weight is 341 g/mol. The largest absolute Gasteiger partial charge is 0.503 e. The molecule has 1 N–H and O–H groups in total. The maximum atomic E-state index is 12.1. The Bertz CT molecular complexity index is 792. The second kappa shape index (κ2) is 6.80. The number of rotatable bonds is 4. The van der Waals surface area contributed by atoms with Crippen LogP contribution < -0.4 is 10.3 Å². The second-order valence-electron chi connectivity index (χ2n) is 4.19. The number of nitrogens with zero attached hydrogens (tertiary/aromatic N) is 4. The highest BCUT2D eigenvalue weighted by atomic mass is 35.5. The van der Waals surface area contributed by atoms with E-state index in [4.69, 9.17) is 16.3 Å². The average Bonchev–Trinajstić information content (AvgIpc) is 2.51. The van der Waals surface area contributed by atoms with Gasteiger partial charge in [0, 0.05) is 0 Å². The number of aromatic hydroxyl groups is 1. The van der Waals surface area contributed by atoms with E-state index >= 15 is 0 Å². The standard InChI is InChI=1S/C13H13ClN4O3S/c1-7-12(20)18(13(22-3)17-16-7)15-6-8-4-9(14)11(19)10(5-8)21-2/h4-6,19H,1-3H3/b15-6-. The van der Waals surface area contributed by atoms with Gasteiger partial charge in [-0.25, -0.2) is 0 Å². The number of hydrogen-bond donors (Lipinski definition) is 1. The predicted molar refractivity (Wildman–Crippen MR) is 85.5 cm³/mol. The second-order valence-corrected chi connectivity index (χ2v) is 5.37. The SMILES string of the molecule is COc1cc(/C=N\n2c(SC)nnc(C)c2=O)cc(Cl)c1O. The van der Waals surface area contributed by atoms with Crippen LogP contribution in [0.3, 0.4) is 0 Å². The molecule has 0 saturated carbocycles. The van der Waals surface area contributed by atoms with Gasteiger partial charge < -0.3 is 9.84 Å². The van der Waals surface area contributed by atoms with E-state index in [-0.39, 0.29) is 27.8 Å². The lowest BCUT2D eigenvalue weighted by atomic mass is 10.2. The number of ether oxygens (including phenoxy) is 1. The number of methoxy groups -OCH3 is 1. The van der Waals surface area contributed by atoms with Crippen LogP contribution in [-0.4, -0.2) is 39.6 Å². The van der Waals surface area contributed by atoms with Crippen molar-refractivity contribution in [2.45, 2.75) is 12.1 Å². The Hall–Kier alpha value is -2.06. The predicted octanol–water partition coefficient (Wildman–Crippen LogP) is 1.92. The van der Waals surface area contributed by atoms with Crippen molar-refractivity contribution in [1.82, 2.24) is 14.9 Å². The topological polar surface area (TPSA) is 89.6 Å². The van der Waals surface area contributed by atoms with Crippen molar-refractivity contribution in [3.8, 4) is 11.5 Å². The van der Waals surface area contributed by atoms with Crippen molar-refractivity contribution in [3.63, 3.8) is 0 Å². The first-order valence-corrected chi connectivity index (χ1v) is 7.69. The number of hydrogen-bond acceptors (Lipinski definition) is 7. The summed E-state index contributed by atoms with van der Waals surface area (Å²) in [6.07, 6.45) is 3.20. The van der Waals surface area contributed by atoms with Gasteiger partial charge in [-0.15, -0.1) is 10.2 Å². The maximum absolute atomic E-state index is 12.1. The van der Waals surface area contributed by atoms with Gasteiger partial charge in [-0.3, -0.25) is 4.79 Å². The Morgan fingerprint density at radius 2 is 2.18 bits per heavy atom. The molecule has 2 aromatic rings. The van der Waals surface area contributed by atoms with Gasteiger partial charge in [0.2, 0.25) is 5.16 Å². The quantitative estimate of drug-likeness (QED) is 0.675. The molecule has 1 aromatic carbocycles. The minimum Gasteiger partial charge on any atom is -0.503 e. The smallest absolute Gasteiger partial charge is 0.296 e. The van der Waals surface area contributed by atoms with Crippen LogP contribution in [-0.2, 0) is 0 Å². The molecule has 0 atom stereocenters. The molecule has 0 aliphatic rings. The van der Waals surface area contributed by atoms with Crippen molar-refractivity contribution >= 4 is 29.6 Å². The molecule has 0 spiro atoms. The molecule has 0 fully saturated rings. The molecule has 116 valence electrons. The molecule has 1 aromatic heterocycles. The van der Waals surface area contributed by atoms with Crippen LogP contribution in [0.5, 0.6) is 11.5 Å². The molecule has 0 amide bonds. The van der Waals surface area contributed by atoms with E-state index in [0.29, 0.717) is 10.7 Å². The Morgan fingerprint density at radius 3 is 2.82 bits per heavy atom.